The summed E-state index contributed by atoms with van der Waals surface area (Å²) >= 11 is 0. The molecule has 2 aromatic carbocycles. The van der Waals surface area contributed by atoms with Gasteiger partial charge in [-0.1, -0.05) is 30.3 Å². The van der Waals surface area contributed by atoms with Crippen LogP contribution in [0.3, 0.4) is 0 Å². The zero-order valence-corrected chi connectivity index (χ0v) is 14.0. The van der Waals surface area contributed by atoms with Crippen molar-refractivity contribution in [2.24, 2.45) is 0 Å². The predicted molar refractivity (Wildman–Crippen MR) is 98.0 cm³/mol. The highest BCUT2D eigenvalue weighted by molar-refractivity contribution is 5.89. The van der Waals surface area contributed by atoms with Crippen molar-refractivity contribution in [2.75, 3.05) is 18.0 Å². The quantitative estimate of drug-likeness (QED) is 0.791. The fourth-order valence-corrected chi connectivity index (χ4v) is 3.46. The van der Waals surface area contributed by atoms with Crippen LogP contribution in [0.2, 0.25) is 0 Å². The van der Waals surface area contributed by atoms with Gasteiger partial charge in [-0.25, -0.2) is 14.4 Å². The van der Waals surface area contributed by atoms with Crippen LogP contribution in [0.4, 0.5) is 10.2 Å². The van der Waals surface area contributed by atoms with Crippen LogP contribution >= 0.6 is 0 Å². The molecule has 2 heterocycles. The van der Waals surface area contributed by atoms with Crippen LogP contribution in [0.25, 0.3) is 10.9 Å². The summed E-state index contributed by atoms with van der Waals surface area (Å²) in [5, 5.41) is 4.42. The van der Waals surface area contributed by atoms with Crippen molar-refractivity contribution >= 4 is 16.7 Å². The fraction of sp³-hybridized carbons (Fsp3) is 0.300. The minimum Gasteiger partial charge on any atom is -0.354 e. The van der Waals surface area contributed by atoms with Gasteiger partial charge >= 0.3 is 0 Å². The van der Waals surface area contributed by atoms with E-state index in [4.69, 9.17) is 0 Å². The molecule has 1 saturated heterocycles. The van der Waals surface area contributed by atoms with Crippen molar-refractivity contribution in [2.45, 2.75) is 25.4 Å². The van der Waals surface area contributed by atoms with E-state index in [1.807, 2.05) is 6.07 Å². The number of hydrogen-bond donors (Lipinski definition) is 1. The first-order valence-electron chi connectivity index (χ1n) is 8.72. The molecule has 1 N–H and O–H groups in total. The van der Waals surface area contributed by atoms with Crippen LogP contribution in [-0.4, -0.2) is 29.1 Å². The summed E-state index contributed by atoms with van der Waals surface area (Å²) in [6, 6.07) is 15.5. The van der Waals surface area contributed by atoms with E-state index in [1.54, 1.807) is 12.4 Å². The minimum atomic E-state index is -0.251. The van der Waals surface area contributed by atoms with E-state index in [1.165, 1.54) is 17.7 Å². The number of hydrogen-bond acceptors (Lipinski definition) is 4. The summed E-state index contributed by atoms with van der Waals surface area (Å²) in [5.41, 5.74) is 2.07. The molecule has 0 saturated carbocycles. The average molecular weight is 336 g/mol. The maximum absolute atomic E-state index is 13.7. The molecule has 1 fully saturated rings. The Morgan fingerprint density at radius 3 is 2.88 bits per heavy atom. The van der Waals surface area contributed by atoms with Gasteiger partial charge in [-0.15, -0.1) is 0 Å². The average Bonchev–Trinajstić information content (AvgIpc) is 2.67. The molecule has 1 unspecified atom stereocenters. The second-order valence-corrected chi connectivity index (χ2v) is 6.51. The molecule has 0 aliphatic carbocycles. The lowest BCUT2D eigenvalue weighted by Crippen LogP contribution is -2.45. The number of rotatable bonds is 4. The number of nitrogens with zero attached hydrogens (tertiary/aromatic N) is 3. The van der Waals surface area contributed by atoms with Crippen molar-refractivity contribution in [1.29, 1.82) is 0 Å². The summed E-state index contributed by atoms with van der Waals surface area (Å²) < 4.78 is 13.7. The topological polar surface area (TPSA) is 41.1 Å². The van der Waals surface area contributed by atoms with Crippen LogP contribution < -0.4 is 10.2 Å². The summed E-state index contributed by atoms with van der Waals surface area (Å²) in [6.45, 7) is 2.67. The van der Waals surface area contributed by atoms with Crippen molar-refractivity contribution in [3.05, 3.63) is 66.2 Å². The minimum absolute atomic E-state index is 0.251. The Labute approximate surface area is 146 Å². The number of halogens is 1. The zero-order valence-electron chi connectivity index (χ0n) is 14.0. The number of nitrogens with one attached hydrogen (secondary N) is 1. The van der Waals surface area contributed by atoms with Gasteiger partial charge in [-0.3, -0.25) is 0 Å². The van der Waals surface area contributed by atoms with Gasteiger partial charge in [0.05, 0.1) is 5.52 Å². The second kappa shape index (κ2) is 7.15. The Morgan fingerprint density at radius 2 is 2.00 bits per heavy atom. The third kappa shape index (κ3) is 3.61. The first-order chi connectivity index (χ1) is 12.3. The molecule has 4 rings (SSSR count). The van der Waals surface area contributed by atoms with Gasteiger partial charge in [0.15, 0.2) is 0 Å². The lowest BCUT2D eigenvalue weighted by molar-refractivity contribution is 0.420. The second-order valence-electron chi connectivity index (χ2n) is 6.51. The molecule has 128 valence electrons. The van der Waals surface area contributed by atoms with Crippen LogP contribution in [0.15, 0.2) is 54.9 Å². The van der Waals surface area contributed by atoms with Gasteiger partial charge in [-0.2, -0.15) is 0 Å². The molecule has 0 spiro atoms. The first kappa shape index (κ1) is 16.0. The smallest absolute Gasteiger partial charge is 0.140 e. The zero-order chi connectivity index (χ0) is 17.1. The van der Waals surface area contributed by atoms with Gasteiger partial charge in [0.1, 0.15) is 18.0 Å². The van der Waals surface area contributed by atoms with Gasteiger partial charge in [0, 0.05) is 31.1 Å². The van der Waals surface area contributed by atoms with Crippen molar-refractivity contribution < 1.29 is 4.39 Å². The Morgan fingerprint density at radius 1 is 1.12 bits per heavy atom. The third-order valence-corrected chi connectivity index (χ3v) is 4.73. The predicted octanol–water partition coefficient (Wildman–Crippen LogP) is 3.53. The lowest BCUT2D eigenvalue weighted by Gasteiger charge is -2.34. The number of benzene rings is 2. The van der Waals surface area contributed by atoms with Crippen molar-refractivity contribution in [1.82, 2.24) is 15.3 Å². The van der Waals surface area contributed by atoms with E-state index in [0.717, 1.165) is 49.2 Å². The van der Waals surface area contributed by atoms with E-state index in [0.29, 0.717) is 6.04 Å². The lowest BCUT2D eigenvalue weighted by atomic mass is 10.0. The Kier molecular flexibility index (Phi) is 4.57. The molecule has 3 aromatic rings. The Balaban J connectivity index is 1.50. The maximum atomic E-state index is 13.7. The summed E-state index contributed by atoms with van der Waals surface area (Å²) in [7, 11) is 0. The van der Waals surface area contributed by atoms with E-state index in [-0.39, 0.29) is 5.82 Å². The van der Waals surface area contributed by atoms with Crippen molar-refractivity contribution in [3.8, 4) is 0 Å². The SMILES string of the molecule is Fc1ccc2ncnc(N3CCCC(NCc4ccccc4)C3)c2c1. The van der Waals surface area contributed by atoms with E-state index in [2.05, 4.69) is 44.5 Å². The highest BCUT2D eigenvalue weighted by Crippen LogP contribution is 2.26. The standard InChI is InChI=1S/C20H21FN4/c21-16-8-9-19-18(11-16)20(24-14-23-19)25-10-4-7-17(13-25)22-12-15-5-2-1-3-6-15/h1-3,5-6,8-9,11,14,17,22H,4,7,10,12-13H2. The van der Waals surface area contributed by atoms with E-state index < -0.39 is 0 Å². The summed E-state index contributed by atoms with van der Waals surface area (Å²) in [5.74, 6) is 0.579. The third-order valence-electron chi connectivity index (χ3n) is 4.73. The van der Waals surface area contributed by atoms with Gasteiger partial charge < -0.3 is 10.2 Å². The van der Waals surface area contributed by atoms with Gasteiger partial charge in [0.25, 0.3) is 0 Å². The number of anilines is 1. The monoisotopic (exact) mass is 336 g/mol. The van der Waals surface area contributed by atoms with E-state index >= 15 is 0 Å². The largest absolute Gasteiger partial charge is 0.354 e. The van der Waals surface area contributed by atoms with Crippen molar-refractivity contribution in [3.63, 3.8) is 0 Å². The molecular weight excluding hydrogens is 315 g/mol. The normalized spacial score (nSPS) is 17.8. The molecule has 1 aliphatic rings. The van der Waals surface area contributed by atoms with E-state index in [9.17, 15) is 4.39 Å². The molecule has 0 bridgehead atoms. The molecule has 1 aliphatic heterocycles. The summed E-state index contributed by atoms with van der Waals surface area (Å²) in [4.78, 5) is 10.9. The highest BCUT2D eigenvalue weighted by atomic mass is 19.1. The molecule has 25 heavy (non-hydrogen) atoms. The van der Waals surface area contributed by atoms with Crippen LogP contribution in [0.1, 0.15) is 18.4 Å². The number of piperidine rings is 1. The summed E-state index contributed by atoms with van der Waals surface area (Å²) in [6.07, 6.45) is 3.80. The van der Waals surface area contributed by atoms with Crippen LogP contribution in [0, 0.1) is 5.82 Å². The first-order valence-corrected chi connectivity index (χ1v) is 8.72. The molecule has 0 amide bonds. The Bertz CT molecular complexity index is 853. The maximum Gasteiger partial charge on any atom is 0.140 e. The molecule has 5 heteroatoms. The fourth-order valence-electron chi connectivity index (χ4n) is 3.46. The molecule has 0 radical (unpaired) electrons. The highest BCUT2D eigenvalue weighted by Gasteiger charge is 2.22. The molecule has 1 aromatic heterocycles. The van der Waals surface area contributed by atoms with Crippen LogP contribution in [0.5, 0.6) is 0 Å². The number of fused-ring (bicyclic) bond motifs is 1. The number of aromatic nitrogens is 2. The van der Waals surface area contributed by atoms with Crippen LogP contribution in [-0.2, 0) is 6.54 Å². The Hall–Kier alpha value is -2.53. The van der Waals surface area contributed by atoms with Gasteiger partial charge in [0.2, 0.25) is 0 Å². The van der Waals surface area contributed by atoms with Gasteiger partial charge in [-0.05, 0) is 36.6 Å². The molecule has 1 atom stereocenters. The molecule has 4 nitrogen and oxygen atoms in total. The molecular formula is C20H21FN4.